The molecule has 0 aromatic heterocycles. The van der Waals surface area contributed by atoms with Crippen LogP contribution in [0.3, 0.4) is 0 Å². The Balaban J connectivity index is 1.87. The summed E-state index contributed by atoms with van der Waals surface area (Å²) in [4.78, 5) is 51.8. The zero-order chi connectivity index (χ0) is 34.9. The van der Waals surface area contributed by atoms with E-state index >= 15 is 0 Å². The number of benzene rings is 3. The summed E-state index contributed by atoms with van der Waals surface area (Å²) in [5.41, 5.74) is 1.99. The number of rotatable bonds is 14. The molecule has 0 saturated heterocycles. The Bertz CT molecular complexity index is 1560. The lowest BCUT2D eigenvalue weighted by atomic mass is 9.88. The molecule has 3 atom stereocenters. The third-order valence-electron chi connectivity index (χ3n) is 7.16. The van der Waals surface area contributed by atoms with Gasteiger partial charge in [-0.05, 0) is 34.7 Å². The van der Waals surface area contributed by atoms with Crippen LogP contribution in [0.2, 0.25) is 10.0 Å². The van der Waals surface area contributed by atoms with Gasteiger partial charge in [-0.1, -0.05) is 104 Å². The SMILES string of the molecule is CC(C)C(NC(=O)C(Cc1ccccc1)NC(=O)CC(c1ccccc1)c1ccc(Cl)c(Cl)c1)C(=O)C(F)(F)C(=O)NCC(F)(F)F. The Hall–Kier alpha value is -4.03. The molecular weight excluding hydrogens is 668 g/mol. The van der Waals surface area contributed by atoms with Crippen molar-refractivity contribution in [1.29, 1.82) is 0 Å². The first-order chi connectivity index (χ1) is 22.0. The van der Waals surface area contributed by atoms with Crippen molar-refractivity contribution < 1.29 is 41.1 Å². The molecule has 0 radical (unpaired) electrons. The lowest BCUT2D eigenvalue weighted by Crippen LogP contribution is -2.59. The standard InChI is InChI=1S/C33H32Cl2F5N3O4/c1-19(2)28(29(45)33(39,40)31(47)41-18-32(36,37)38)43-30(46)26(15-20-9-5-3-6-10-20)42-27(44)17-23(21-11-7-4-8-12-21)22-13-14-24(34)25(35)16-22/h3-14,16,19,23,26,28H,15,17-18H2,1-2H3,(H,41,47)(H,42,44)(H,43,46). The Morgan fingerprint density at radius 2 is 1.36 bits per heavy atom. The lowest BCUT2D eigenvalue weighted by molar-refractivity contribution is -0.165. The summed E-state index contributed by atoms with van der Waals surface area (Å²) in [7, 11) is 0. The normalized spacial score (nSPS) is 13.7. The molecule has 3 aromatic carbocycles. The topological polar surface area (TPSA) is 104 Å². The van der Waals surface area contributed by atoms with Gasteiger partial charge in [0.25, 0.3) is 5.91 Å². The van der Waals surface area contributed by atoms with Gasteiger partial charge in [0.15, 0.2) is 0 Å². The number of halogens is 7. The number of hydrogen-bond acceptors (Lipinski definition) is 4. The molecule has 14 heteroatoms. The first kappa shape index (κ1) is 37.4. The van der Waals surface area contributed by atoms with Crippen LogP contribution in [0.15, 0.2) is 78.9 Å². The molecule has 0 aliphatic rings. The predicted octanol–water partition coefficient (Wildman–Crippen LogP) is 6.27. The first-order valence-corrected chi connectivity index (χ1v) is 15.2. The predicted molar refractivity (Wildman–Crippen MR) is 167 cm³/mol. The van der Waals surface area contributed by atoms with Crippen molar-refractivity contribution in [2.45, 2.75) is 56.8 Å². The highest BCUT2D eigenvalue weighted by atomic mass is 35.5. The van der Waals surface area contributed by atoms with Gasteiger partial charge in [-0.3, -0.25) is 19.2 Å². The van der Waals surface area contributed by atoms with Crippen LogP contribution in [0, 0.1) is 5.92 Å². The van der Waals surface area contributed by atoms with Gasteiger partial charge in [0.05, 0.1) is 16.1 Å². The zero-order valence-electron chi connectivity index (χ0n) is 25.2. The van der Waals surface area contributed by atoms with E-state index in [1.165, 1.54) is 13.8 Å². The molecule has 3 amide bonds. The number of carbonyl (C=O) groups is 4. The quantitative estimate of drug-likeness (QED) is 0.136. The average molecular weight is 701 g/mol. The van der Waals surface area contributed by atoms with E-state index < -0.39 is 66.1 Å². The summed E-state index contributed by atoms with van der Waals surface area (Å²) >= 11 is 12.3. The fourth-order valence-electron chi connectivity index (χ4n) is 4.73. The molecule has 47 heavy (non-hydrogen) atoms. The molecule has 0 heterocycles. The molecule has 3 N–H and O–H groups in total. The summed E-state index contributed by atoms with van der Waals surface area (Å²) in [6.45, 7) is 0.531. The Morgan fingerprint density at radius 1 is 0.766 bits per heavy atom. The van der Waals surface area contributed by atoms with Crippen LogP contribution in [-0.2, 0) is 25.6 Å². The highest BCUT2D eigenvalue weighted by Gasteiger charge is 2.52. The van der Waals surface area contributed by atoms with Gasteiger partial charge in [0.1, 0.15) is 12.6 Å². The maximum atomic E-state index is 14.8. The monoisotopic (exact) mass is 699 g/mol. The third kappa shape index (κ3) is 10.8. The molecule has 0 aliphatic heterocycles. The van der Waals surface area contributed by atoms with Crippen molar-refractivity contribution >= 4 is 46.7 Å². The Morgan fingerprint density at radius 3 is 1.91 bits per heavy atom. The molecule has 0 aliphatic carbocycles. The highest BCUT2D eigenvalue weighted by Crippen LogP contribution is 2.32. The fraction of sp³-hybridized carbons (Fsp3) is 0.333. The molecule has 3 unspecified atom stereocenters. The summed E-state index contributed by atoms with van der Waals surface area (Å²) in [6.07, 6.45) is -5.28. The summed E-state index contributed by atoms with van der Waals surface area (Å²) < 4.78 is 67.0. The van der Waals surface area contributed by atoms with Gasteiger partial charge in [-0.25, -0.2) is 0 Å². The second kappa shape index (κ2) is 16.2. The molecule has 252 valence electrons. The molecule has 0 saturated carbocycles. The van der Waals surface area contributed by atoms with Crippen molar-refractivity contribution in [3.8, 4) is 0 Å². The zero-order valence-corrected chi connectivity index (χ0v) is 26.7. The summed E-state index contributed by atoms with van der Waals surface area (Å²) in [6, 6.07) is 18.9. The van der Waals surface area contributed by atoms with E-state index in [0.29, 0.717) is 16.1 Å². The first-order valence-electron chi connectivity index (χ1n) is 14.4. The van der Waals surface area contributed by atoms with E-state index in [4.69, 9.17) is 23.2 Å². The molecule has 7 nitrogen and oxygen atoms in total. The van der Waals surface area contributed by atoms with Crippen LogP contribution in [0.5, 0.6) is 0 Å². The molecule has 3 aromatic rings. The number of ketones is 1. The van der Waals surface area contributed by atoms with E-state index in [9.17, 15) is 41.1 Å². The number of nitrogens with one attached hydrogen (secondary N) is 3. The molecule has 0 fully saturated rings. The smallest absolute Gasteiger partial charge is 0.344 e. The third-order valence-corrected chi connectivity index (χ3v) is 7.90. The van der Waals surface area contributed by atoms with E-state index in [2.05, 4.69) is 10.6 Å². The van der Waals surface area contributed by atoms with E-state index in [1.54, 1.807) is 78.9 Å². The average Bonchev–Trinajstić information content (AvgIpc) is 3.02. The minimum Gasteiger partial charge on any atom is -0.344 e. The number of carbonyl (C=O) groups excluding carboxylic acids is 4. The van der Waals surface area contributed by atoms with Crippen molar-refractivity contribution in [3.63, 3.8) is 0 Å². The highest BCUT2D eigenvalue weighted by molar-refractivity contribution is 6.42. The van der Waals surface area contributed by atoms with E-state index in [-0.39, 0.29) is 17.9 Å². The second-order valence-corrected chi connectivity index (χ2v) is 11.9. The van der Waals surface area contributed by atoms with Crippen molar-refractivity contribution in [2.75, 3.05) is 6.54 Å². The van der Waals surface area contributed by atoms with E-state index in [0.717, 1.165) is 10.9 Å². The van der Waals surface area contributed by atoms with Gasteiger partial charge >= 0.3 is 12.1 Å². The van der Waals surface area contributed by atoms with Crippen LogP contribution in [0.25, 0.3) is 0 Å². The van der Waals surface area contributed by atoms with Crippen LogP contribution in [0.4, 0.5) is 22.0 Å². The summed E-state index contributed by atoms with van der Waals surface area (Å²) in [5.74, 6) is -12.6. The second-order valence-electron chi connectivity index (χ2n) is 11.1. The molecule has 0 bridgehead atoms. The van der Waals surface area contributed by atoms with Crippen LogP contribution >= 0.6 is 23.2 Å². The molecule has 3 rings (SSSR count). The Labute approximate surface area is 278 Å². The largest absolute Gasteiger partial charge is 0.405 e. The van der Waals surface area contributed by atoms with Crippen molar-refractivity contribution in [3.05, 3.63) is 106 Å². The number of amides is 3. The van der Waals surface area contributed by atoms with Crippen LogP contribution in [-0.4, -0.2) is 54.2 Å². The number of Topliss-reactive ketones (excluding diaryl/α,β-unsaturated/α-hetero) is 1. The maximum absolute atomic E-state index is 14.8. The van der Waals surface area contributed by atoms with Crippen LogP contribution in [0.1, 0.15) is 42.9 Å². The van der Waals surface area contributed by atoms with E-state index in [1.807, 2.05) is 0 Å². The van der Waals surface area contributed by atoms with Crippen molar-refractivity contribution in [2.24, 2.45) is 5.92 Å². The Kier molecular flexibility index (Phi) is 12.9. The van der Waals surface area contributed by atoms with Crippen molar-refractivity contribution in [1.82, 2.24) is 16.0 Å². The minimum absolute atomic E-state index is 0.108. The van der Waals surface area contributed by atoms with Gasteiger partial charge in [-0.15, -0.1) is 0 Å². The molecule has 0 spiro atoms. The number of alkyl halides is 5. The molecular formula is C33H32Cl2F5N3O4. The minimum atomic E-state index is -5.00. The van der Waals surface area contributed by atoms with Gasteiger partial charge in [0, 0.05) is 18.8 Å². The van der Waals surface area contributed by atoms with Crippen LogP contribution < -0.4 is 16.0 Å². The fourth-order valence-corrected chi connectivity index (χ4v) is 5.03. The summed E-state index contributed by atoms with van der Waals surface area (Å²) in [5, 5.41) is 6.40. The van der Waals surface area contributed by atoms with Gasteiger partial charge in [-0.2, -0.15) is 22.0 Å². The van der Waals surface area contributed by atoms with Gasteiger partial charge < -0.3 is 16.0 Å². The maximum Gasteiger partial charge on any atom is 0.405 e. The number of hydrogen-bond donors (Lipinski definition) is 3. The van der Waals surface area contributed by atoms with Gasteiger partial charge in [0.2, 0.25) is 17.6 Å². The lowest BCUT2D eigenvalue weighted by Gasteiger charge is -2.28.